The Morgan fingerprint density at radius 1 is 1.30 bits per heavy atom. The van der Waals surface area contributed by atoms with Crippen molar-refractivity contribution >= 4 is 17.5 Å². The van der Waals surface area contributed by atoms with Gasteiger partial charge in [-0.2, -0.15) is 13.2 Å². The molecule has 1 aromatic carbocycles. The van der Waals surface area contributed by atoms with Gasteiger partial charge in [0.05, 0.1) is 5.56 Å². The van der Waals surface area contributed by atoms with E-state index in [1.165, 1.54) is 12.1 Å². The fraction of sp³-hybridized carbons (Fsp3) is 0.562. The molecule has 1 amide bonds. The summed E-state index contributed by atoms with van der Waals surface area (Å²) < 4.78 is 39.0. The van der Waals surface area contributed by atoms with E-state index in [4.69, 9.17) is 11.6 Å². The van der Waals surface area contributed by atoms with Crippen molar-refractivity contribution in [1.82, 2.24) is 9.80 Å². The van der Waals surface area contributed by atoms with Crippen molar-refractivity contribution < 1.29 is 18.0 Å². The summed E-state index contributed by atoms with van der Waals surface area (Å²) in [6.07, 6.45) is -3.22. The van der Waals surface area contributed by atoms with Crippen LogP contribution in [0.25, 0.3) is 0 Å². The van der Waals surface area contributed by atoms with Crippen molar-refractivity contribution in [3.63, 3.8) is 0 Å². The molecular formula is C16H20ClF3N2O. The lowest BCUT2D eigenvalue weighted by molar-refractivity contribution is -0.137. The molecule has 0 bridgehead atoms. The molecule has 0 aliphatic carbocycles. The maximum absolute atomic E-state index is 13.0. The molecule has 1 aliphatic rings. The van der Waals surface area contributed by atoms with Crippen molar-refractivity contribution in [3.05, 3.63) is 35.4 Å². The van der Waals surface area contributed by atoms with Crippen molar-refractivity contribution in [2.45, 2.75) is 24.6 Å². The number of hydrogen-bond acceptors (Lipinski definition) is 2. The first-order chi connectivity index (χ1) is 10.7. The first-order valence-corrected chi connectivity index (χ1v) is 7.93. The van der Waals surface area contributed by atoms with Gasteiger partial charge in [-0.3, -0.25) is 9.69 Å². The largest absolute Gasteiger partial charge is 0.416 e. The lowest BCUT2D eigenvalue weighted by atomic mass is 9.79. The minimum Gasteiger partial charge on any atom is -0.342 e. The molecule has 0 spiro atoms. The second-order valence-corrected chi connectivity index (χ2v) is 6.29. The van der Waals surface area contributed by atoms with Gasteiger partial charge in [-0.05, 0) is 44.6 Å². The van der Waals surface area contributed by atoms with Crippen molar-refractivity contribution in [2.75, 3.05) is 33.1 Å². The number of hydrogen-bond donors (Lipinski definition) is 0. The van der Waals surface area contributed by atoms with E-state index in [-0.39, 0.29) is 11.8 Å². The third kappa shape index (κ3) is 3.63. The average molecular weight is 349 g/mol. The van der Waals surface area contributed by atoms with Gasteiger partial charge in [-0.25, -0.2) is 0 Å². The molecular weight excluding hydrogens is 329 g/mol. The molecule has 0 unspecified atom stereocenters. The van der Waals surface area contributed by atoms with E-state index in [0.717, 1.165) is 6.07 Å². The molecule has 1 aromatic rings. The normalized spacial score (nSPS) is 18.3. The first kappa shape index (κ1) is 18.1. The number of carbonyl (C=O) groups excluding carboxylic acids is 1. The topological polar surface area (TPSA) is 23.6 Å². The van der Waals surface area contributed by atoms with E-state index >= 15 is 0 Å². The Hall–Kier alpha value is -1.27. The molecule has 0 radical (unpaired) electrons. The number of amides is 1. The first-order valence-electron chi connectivity index (χ1n) is 7.39. The number of alkyl halides is 4. The Balaban J connectivity index is 2.32. The van der Waals surface area contributed by atoms with E-state index < -0.39 is 17.3 Å². The predicted molar refractivity (Wildman–Crippen MR) is 83.3 cm³/mol. The summed E-state index contributed by atoms with van der Waals surface area (Å²) in [4.78, 5) is 15.3. The Morgan fingerprint density at radius 3 is 2.39 bits per heavy atom. The maximum atomic E-state index is 13.0. The number of halogens is 4. The van der Waals surface area contributed by atoms with Crippen molar-refractivity contribution in [2.24, 2.45) is 0 Å². The molecule has 1 aliphatic heterocycles. The van der Waals surface area contributed by atoms with Gasteiger partial charge in [0.2, 0.25) is 5.91 Å². The van der Waals surface area contributed by atoms with Crippen LogP contribution in [0.1, 0.15) is 24.0 Å². The summed E-state index contributed by atoms with van der Waals surface area (Å²) in [5.41, 5.74) is -0.518. The summed E-state index contributed by atoms with van der Waals surface area (Å²) in [5, 5.41) is 0. The van der Waals surface area contributed by atoms with Gasteiger partial charge in [0.15, 0.2) is 0 Å². The molecule has 0 atom stereocenters. The van der Waals surface area contributed by atoms with Gasteiger partial charge in [0.1, 0.15) is 5.88 Å². The predicted octanol–water partition coefficient (Wildman–Crippen LogP) is 3.32. The van der Waals surface area contributed by atoms with Crippen LogP contribution in [0, 0.1) is 0 Å². The van der Waals surface area contributed by atoms with Gasteiger partial charge in [0, 0.05) is 18.6 Å². The van der Waals surface area contributed by atoms with Crippen LogP contribution in [-0.2, 0) is 16.5 Å². The van der Waals surface area contributed by atoms with E-state index in [1.807, 2.05) is 19.0 Å². The van der Waals surface area contributed by atoms with E-state index in [9.17, 15) is 18.0 Å². The molecule has 1 heterocycles. The van der Waals surface area contributed by atoms with Crippen LogP contribution in [0.3, 0.4) is 0 Å². The summed E-state index contributed by atoms with van der Waals surface area (Å²) in [6, 6.07) is 5.48. The Labute approximate surface area is 139 Å². The maximum Gasteiger partial charge on any atom is 0.416 e. The zero-order valence-electron chi connectivity index (χ0n) is 13.2. The molecule has 0 N–H and O–H groups in total. The van der Waals surface area contributed by atoms with Crippen LogP contribution < -0.4 is 0 Å². The van der Waals surface area contributed by atoms with Crippen LogP contribution in [-0.4, -0.2) is 48.8 Å². The number of benzene rings is 1. The van der Waals surface area contributed by atoms with Crippen LogP contribution in [0.4, 0.5) is 13.2 Å². The van der Waals surface area contributed by atoms with E-state index in [0.29, 0.717) is 31.5 Å². The highest BCUT2D eigenvalue weighted by Gasteiger charge is 2.40. The lowest BCUT2D eigenvalue weighted by Crippen LogP contribution is -2.52. The number of likely N-dealkylation sites (tertiary alicyclic amines) is 1. The minimum absolute atomic E-state index is 0.0709. The van der Waals surface area contributed by atoms with Crippen LogP contribution in [0.15, 0.2) is 24.3 Å². The molecule has 1 saturated heterocycles. The Bertz CT molecular complexity index is 567. The van der Waals surface area contributed by atoms with Crippen LogP contribution in [0.2, 0.25) is 0 Å². The number of nitrogens with zero attached hydrogens (tertiary/aromatic N) is 2. The molecule has 2 rings (SSSR count). The number of piperidine rings is 1. The van der Waals surface area contributed by atoms with Gasteiger partial charge < -0.3 is 4.90 Å². The summed E-state index contributed by atoms with van der Waals surface area (Å²) in [5.74, 6) is -0.207. The highest BCUT2D eigenvalue weighted by Crippen LogP contribution is 2.39. The minimum atomic E-state index is -4.36. The van der Waals surface area contributed by atoms with Crippen LogP contribution >= 0.6 is 11.6 Å². The zero-order valence-corrected chi connectivity index (χ0v) is 13.9. The van der Waals surface area contributed by atoms with Crippen LogP contribution in [0.5, 0.6) is 0 Å². The number of rotatable bonds is 3. The highest BCUT2D eigenvalue weighted by atomic mass is 35.5. The number of carbonyl (C=O) groups is 1. The molecule has 1 fully saturated rings. The lowest BCUT2D eigenvalue weighted by Gasteiger charge is -2.46. The quantitative estimate of drug-likeness (QED) is 0.782. The average Bonchev–Trinajstić information content (AvgIpc) is 2.53. The molecule has 3 nitrogen and oxygen atoms in total. The van der Waals surface area contributed by atoms with Gasteiger partial charge in [-0.15, -0.1) is 11.6 Å². The third-order valence-corrected chi connectivity index (χ3v) is 4.87. The fourth-order valence-electron chi connectivity index (χ4n) is 3.19. The highest BCUT2D eigenvalue weighted by molar-refractivity contribution is 6.27. The van der Waals surface area contributed by atoms with Gasteiger partial charge >= 0.3 is 6.18 Å². The Kier molecular flexibility index (Phi) is 5.26. The molecule has 7 heteroatoms. The second kappa shape index (κ2) is 6.69. The Morgan fingerprint density at radius 2 is 1.91 bits per heavy atom. The zero-order chi connectivity index (χ0) is 17.3. The SMILES string of the molecule is CN(C)C1(c2cccc(C(F)(F)F)c2)CCN(C(=O)CCl)CC1. The van der Waals surface area contributed by atoms with Crippen molar-refractivity contribution in [3.8, 4) is 0 Å². The fourth-order valence-corrected chi connectivity index (χ4v) is 3.36. The molecule has 128 valence electrons. The third-order valence-electron chi connectivity index (χ3n) is 4.64. The van der Waals surface area contributed by atoms with Gasteiger partial charge in [0.25, 0.3) is 0 Å². The monoisotopic (exact) mass is 348 g/mol. The standard InChI is InChI=1S/C16H20ClF3N2O/c1-21(2)15(6-8-22(9-7-15)14(23)11-17)12-4-3-5-13(10-12)16(18,19)20/h3-5,10H,6-9,11H2,1-2H3. The molecule has 23 heavy (non-hydrogen) atoms. The van der Waals surface area contributed by atoms with Gasteiger partial charge in [-0.1, -0.05) is 12.1 Å². The van der Waals surface area contributed by atoms with E-state index in [1.54, 1.807) is 11.0 Å². The van der Waals surface area contributed by atoms with Crippen molar-refractivity contribution in [1.29, 1.82) is 0 Å². The molecule has 0 aromatic heterocycles. The summed E-state index contributed by atoms with van der Waals surface area (Å²) in [6.45, 7) is 0.972. The second-order valence-electron chi connectivity index (χ2n) is 6.02. The van der Waals surface area contributed by atoms with E-state index in [2.05, 4.69) is 0 Å². The summed E-state index contributed by atoms with van der Waals surface area (Å²) >= 11 is 5.58. The smallest absolute Gasteiger partial charge is 0.342 e. The summed E-state index contributed by atoms with van der Waals surface area (Å²) in [7, 11) is 3.72. The molecule has 0 saturated carbocycles.